The van der Waals surface area contributed by atoms with Gasteiger partial charge >= 0.3 is 0 Å². The number of ether oxygens (including phenoxy) is 1. The van der Waals surface area contributed by atoms with Crippen LogP contribution in [0, 0.1) is 0 Å². The quantitative estimate of drug-likeness (QED) is 0.865. The molecule has 0 aliphatic carbocycles. The summed E-state index contributed by atoms with van der Waals surface area (Å²) < 4.78 is 31.1. The second-order valence-corrected chi connectivity index (χ2v) is 4.77. The summed E-state index contributed by atoms with van der Waals surface area (Å²) >= 11 is 0. The van der Waals surface area contributed by atoms with Crippen LogP contribution < -0.4 is 10.2 Å². The minimum absolute atomic E-state index is 0.133. The Morgan fingerprint density at radius 1 is 1.44 bits per heavy atom. The zero-order valence-corrected chi connectivity index (χ0v) is 10.1. The molecule has 0 radical (unpaired) electrons. The van der Waals surface area contributed by atoms with Crippen molar-refractivity contribution in [3.8, 4) is 0 Å². The Bertz CT molecular complexity index is 459. The third-order valence-corrected chi connectivity index (χ3v) is 3.41. The fourth-order valence-electron chi connectivity index (χ4n) is 2.39. The van der Waals surface area contributed by atoms with Gasteiger partial charge in [-0.1, -0.05) is 6.07 Å². The summed E-state index contributed by atoms with van der Waals surface area (Å²) in [6, 6.07) is 3.90. The summed E-state index contributed by atoms with van der Waals surface area (Å²) in [6.45, 7) is 0.585. The highest BCUT2D eigenvalue weighted by Gasteiger charge is 2.44. The number of pyridine rings is 1. The standard InChI is InChI=1S/C12H15F2N3O/c1-15-9-4-18-5-10-8(9)2-3-11(16-10)17-6-12(13,14)7-17/h2-3,9,15H,4-7H2,1H3. The summed E-state index contributed by atoms with van der Waals surface area (Å²) in [7, 11) is 1.87. The predicted octanol–water partition coefficient (Wildman–Crippen LogP) is 1.33. The highest BCUT2D eigenvalue weighted by Crippen LogP contribution is 2.32. The highest BCUT2D eigenvalue weighted by molar-refractivity contribution is 5.46. The van der Waals surface area contributed by atoms with Crippen molar-refractivity contribution < 1.29 is 13.5 Å². The summed E-state index contributed by atoms with van der Waals surface area (Å²) in [5.41, 5.74) is 1.94. The number of halogens is 2. The molecular formula is C12H15F2N3O. The lowest BCUT2D eigenvalue weighted by molar-refractivity contribution is -0.0267. The molecule has 3 rings (SSSR count). The van der Waals surface area contributed by atoms with Gasteiger partial charge in [0.1, 0.15) is 5.82 Å². The van der Waals surface area contributed by atoms with E-state index in [1.54, 1.807) is 4.90 Å². The number of alkyl halides is 2. The van der Waals surface area contributed by atoms with Crippen LogP contribution in [-0.2, 0) is 11.3 Å². The van der Waals surface area contributed by atoms with Crippen molar-refractivity contribution in [2.24, 2.45) is 0 Å². The molecule has 2 aliphatic heterocycles. The van der Waals surface area contributed by atoms with Crippen LogP contribution in [-0.4, -0.2) is 37.7 Å². The first-order valence-electron chi connectivity index (χ1n) is 5.97. The fraction of sp³-hybridized carbons (Fsp3) is 0.583. The molecule has 0 spiro atoms. The average molecular weight is 255 g/mol. The number of likely N-dealkylation sites (N-methyl/N-ethyl adjacent to an activating group) is 1. The van der Waals surface area contributed by atoms with E-state index in [0.717, 1.165) is 11.3 Å². The first-order valence-corrected chi connectivity index (χ1v) is 5.97. The molecule has 1 aromatic heterocycles. The summed E-state index contributed by atoms with van der Waals surface area (Å²) in [6.07, 6.45) is 0. The number of nitrogens with zero attached hydrogens (tertiary/aromatic N) is 2. The van der Waals surface area contributed by atoms with E-state index in [-0.39, 0.29) is 19.1 Å². The second kappa shape index (κ2) is 4.13. The number of hydrogen-bond donors (Lipinski definition) is 1. The van der Waals surface area contributed by atoms with Gasteiger partial charge in [-0.25, -0.2) is 13.8 Å². The third kappa shape index (κ3) is 1.95. The van der Waals surface area contributed by atoms with Crippen LogP contribution in [0.15, 0.2) is 12.1 Å². The van der Waals surface area contributed by atoms with E-state index in [2.05, 4.69) is 10.3 Å². The Kier molecular flexibility index (Phi) is 2.71. The second-order valence-electron chi connectivity index (χ2n) is 4.77. The van der Waals surface area contributed by atoms with Crippen LogP contribution >= 0.6 is 0 Å². The van der Waals surface area contributed by atoms with Gasteiger partial charge in [0.15, 0.2) is 0 Å². The molecule has 0 aromatic carbocycles. The first kappa shape index (κ1) is 11.8. The van der Waals surface area contributed by atoms with Gasteiger partial charge in [0, 0.05) is 0 Å². The maximum atomic E-state index is 12.8. The SMILES string of the molecule is CNC1COCc2nc(N3CC(F)(F)C3)ccc21. The number of hydrogen-bond acceptors (Lipinski definition) is 4. The maximum absolute atomic E-state index is 12.8. The van der Waals surface area contributed by atoms with Crippen LogP contribution in [0.5, 0.6) is 0 Å². The Morgan fingerprint density at radius 3 is 2.89 bits per heavy atom. The van der Waals surface area contributed by atoms with Crippen molar-refractivity contribution in [3.05, 3.63) is 23.4 Å². The number of nitrogens with one attached hydrogen (secondary N) is 1. The van der Waals surface area contributed by atoms with Gasteiger partial charge in [0.05, 0.1) is 38.0 Å². The molecule has 0 amide bonds. The predicted molar refractivity (Wildman–Crippen MR) is 62.9 cm³/mol. The molecular weight excluding hydrogens is 240 g/mol. The topological polar surface area (TPSA) is 37.4 Å². The van der Waals surface area contributed by atoms with Gasteiger partial charge in [0.25, 0.3) is 5.92 Å². The number of aromatic nitrogens is 1. The Balaban J connectivity index is 1.83. The van der Waals surface area contributed by atoms with Gasteiger partial charge in [-0.2, -0.15) is 0 Å². The van der Waals surface area contributed by atoms with Crippen molar-refractivity contribution >= 4 is 5.82 Å². The van der Waals surface area contributed by atoms with Gasteiger partial charge in [-0.05, 0) is 18.7 Å². The van der Waals surface area contributed by atoms with Crippen LogP contribution in [0.25, 0.3) is 0 Å². The van der Waals surface area contributed by atoms with Crippen molar-refractivity contribution in [2.45, 2.75) is 18.6 Å². The minimum Gasteiger partial charge on any atom is -0.373 e. The highest BCUT2D eigenvalue weighted by atomic mass is 19.3. The van der Waals surface area contributed by atoms with E-state index in [9.17, 15) is 8.78 Å². The molecule has 18 heavy (non-hydrogen) atoms. The zero-order chi connectivity index (χ0) is 12.8. The van der Waals surface area contributed by atoms with Crippen LogP contribution in [0.4, 0.5) is 14.6 Å². The fourth-order valence-corrected chi connectivity index (χ4v) is 2.39. The lowest BCUT2D eigenvalue weighted by Gasteiger charge is -2.40. The van der Waals surface area contributed by atoms with Crippen molar-refractivity contribution in [2.75, 3.05) is 31.6 Å². The summed E-state index contributed by atoms with van der Waals surface area (Å²) in [4.78, 5) is 6.01. The molecule has 1 atom stereocenters. The van der Waals surface area contributed by atoms with E-state index < -0.39 is 5.92 Å². The molecule has 1 saturated heterocycles. The molecule has 1 fully saturated rings. The van der Waals surface area contributed by atoms with E-state index in [1.165, 1.54) is 0 Å². The lowest BCUT2D eigenvalue weighted by Crippen LogP contribution is -2.56. The van der Waals surface area contributed by atoms with Crippen molar-refractivity contribution in [1.82, 2.24) is 10.3 Å². The van der Waals surface area contributed by atoms with Crippen LogP contribution in [0.2, 0.25) is 0 Å². The van der Waals surface area contributed by atoms with E-state index in [0.29, 0.717) is 19.0 Å². The molecule has 4 nitrogen and oxygen atoms in total. The summed E-state index contributed by atoms with van der Waals surface area (Å²) in [5, 5.41) is 3.15. The lowest BCUT2D eigenvalue weighted by atomic mass is 10.0. The Morgan fingerprint density at radius 2 is 2.22 bits per heavy atom. The smallest absolute Gasteiger partial charge is 0.282 e. The minimum atomic E-state index is -2.57. The normalized spacial score (nSPS) is 25.5. The molecule has 6 heteroatoms. The van der Waals surface area contributed by atoms with Crippen LogP contribution in [0.1, 0.15) is 17.3 Å². The first-order chi connectivity index (χ1) is 8.59. The number of fused-ring (bicyclic) bond motifs is 1. The molecule has 2 aliphatic rings. The van der Waals surface area contributed by atoms with Gasteiger partial charge in [0.2, 0.25) is 0 Å². The van der Waals surface area contributed by atoms with E-state index in [1.807, 2.05) is 19.2 Å². The van der Waals surface area contributed by atoms with Gasteiger partial charge in [-0.15, -0.1) is 0 Å². The maximum Gasteiger partial charge on any atom is 0.282 e. The Hall–Kier alpha value is -1.27. The monoisotopic (exact) mass is 255 g/mol. The number of anilines is 1. The molecule has 0 bridgehead atoms. The molecule has 1 N–H and O–H groups in total. The molecule has 98 valence electrons. The number of rotatable bonds is 2. The van der Waals surface area contributed by atoms with Gasteiger partial charge in [-0.3, -0.25) is 0 Å². The zero-order valence-electron chi connectivity index (χ0n) is 10.1. The van der Waals surface area contributed by atoms with E-state index >= 15 is 0 Å². The van der Waals surface area contributed by atoms with Gasteiger partial charge < -0.3 is 15.0 Å². The molecule has 3 heterocycles. The van der Waals surface area contributed by atoms with Crippen molar-refractivity contribution in [3.63, 3.8) is 0 Å². The van der Waals surface area contributed by atoms with Crippen LogP contribution in [0.3, 0.4) is 0 Å². The van der Waals surface area contributed by atoms with Crippen molar-refractivity contribution in [1.29, 1.82) is 0 Å². The molecule has 1 unspecified atom stereocenters. The molecule has 0 saturated carbocycles. The Labute approximate surface area is 104 Å². The third-order valence-electron chi connectivity index (χ3n) is 3.41. The summed E-state index contributed by atoms with van der Waals surface area (Å²) in [5.74, 6) is -1.96. The van der Waals surface area contributed by atoms with E-state index in [4.69, 9.17) is 4.74 Å². The average Bonchev–Trinajstić information content (AvgIpc) is 2.34. The largest absolute Gasteiger partial charge is 0.373 e. The molecule has 1 aromatic rings.